The Balaban J connectivity index is 2.65. The van der Waals surface area contributed by atoms with Gasteiger partial charge in [-0.1, -0.05) is 0 Å². The molecule has 0 amide bonds. The summed E-state index contributed by atoms with van der Waals surface area (Å²) in [4.78, 5) is 11.0. The summed E-state index contributed by atoms with van der Waals surface area (Å²) in [6.07, 6.45) is -4.52. The lowest BCUT2D eigenvalue weighted by atomic mass is 9.93. The number of methoxy groups -OCH3 is 1. The summed E-state index contributed by atoms with van der Waals surface area (Å²) in [5.74, 6) is -1.46. The zero-order valence-electron chi connectivity index (χ0n) is 10.8. The Labute approximate surface area is 112 Å². The van der Waals surface area contributed by atoms with E-state index in [2.05, 4.69) is 5.32 Å². The van der Waals surface area contributed by atoms with Crippen molar-refractivity contribution in [3.8, 4) is 5.75 Å². The summed E-state index contributed by atoms with van der Waals surface area (Å²) in [5, 5.41) is 11.6. The normalized spacial score (nSPS) is 14.7. The Kier molecular flexibility index (Phi) is 3.37. The van der Waals surface area contributed by atoms with Crippen molar-refractivity contribution in [2.75, 3.05) is 7.11 Å². The number of rotatable bonds is 2. The third kappa shape index (κ3) is 2.31. The number of fused-ring (bicyclic) bond motifs is 1. The molecule has 0 atom stereocenters. The van der Waals surface area contributed by atoms with Crippen molar-refractivity contribution in [2.45, 2.75) is 19.6 Å². The van der Waals surface area contributed by atoms with Gasteiger partial charge in [-0.15, -0.1) is 0 Å². The smallest absolute Gasteiger partial charge is 0.419 e. The standard InChI is InChI=1S/C13H12F3NO3/c1-6-8-4-10(20-2)9(13(14,15)16)3-7(8)5-17-11(6)12(18)19/h3-4,17H,5H2,1-2H3,(H,18,19). The van der Waals surface area contributed by atoms with Crippen LogP contribution >= 0.6 is 0 Å². The number of carbonyl (C=O) groups is 1. The van der Waals surface area contributed by atoms with Gasteiger partial charge in [0.2, 0.25) is 0 Å². The molecule has 1 aromatic rings. The lowest BCUT2D eigenvalue weighted by Gasteiger charge is -2.23. The first kappa shape index (κ1) is 14.2. The second kappa shape index (κ2) is 4.73. The van der Waals surface area contributed by atoms with E-state index in [0.29, 0.717) is 16.7 Å². The maximum absolute atomic E-state index is 12.9. The molecule has 1 heterocycles. The van der Waals surface area contributed by atoms with E-state index < -0.39 is 17.7 Å². The zero-order valence-corrected chi connectivity index (χ0v) is 10.8. The Hall–Kier alpha value is -2.18. The molecule has 4 nitrogen and oxygen atoms in total. The van der Waals surface area contributed by atoms with Gasteiger partial charge in [-0.05, 0) is 35.8 Å². The first-order valence-corrected chi connectivity index (χ1v) is 5.72. The third-order valence-electron chi connectivity index (χ3n) is 3.18. The lowest BCUT2D eigenvalue weighted by Crippen LogP contribution is -2.26. The van der Waals surface area contributed by atoms with Gasteiger partial charge in [0, 0.05) is 6.54 Å². The van der Waals surface area contributed by atoms with Gasteiger partial charge in [0.1, 0.15) is 11.4 Å². The van der Waals surface area contributed by atoms with E-state index in [1.165, 1.54) is 6.07 Å². The number of alkyl halides is 3. The molecule has 108 valence electrons. The van der Waals surface area contributed by atoms with E-state index >= 15 is 0 Å². The minimum Gasteiger partial charge on any atom is -0.496 e. The highest BCUT2D eigenvalue weighted by Gasteiger charge is 2.36. The van der Waals surface area contributed by atoms with Gasteiger partial charge in [-0.3, -0.25) is 0 Å². The molecule has 1 aromatic carbocycles. The predicted octanol–water partition coefficient (Wildman–Crippen LogP) is 2.63. The number of aliphatic carboxylic acids is 1. The number of nitrogens with one attached hydrogen (secondary N) is 1. The van der Waals surface area contributed by atoms with Crippen molar-refractivity contribution >= 4 is 11.5 Å². The Bertz CT molecular complexity index is 606. The second-order valence-corrected chi connectivity index (χ2v) is 4.37. The van der Waals surface area contributed by atoms with E-state index in [4.69, 9.17) is 9.84 Å². The molecule has 0 aliphatic carbocycles. The molecule has 20 heavy (non-hydrogen) atoms. The van der Waals surface area contributed by atoms with Crippen molar-refractivity contribution in [1.82, 2.24) is 5.32 Å². The van der Waals surface area contributed by atoms with Crippen LogP contribution in [0, 0.1) is 0 Å². The third-order valence-corrected chi connectivity index (χ3v) is 3.18. The van der Waals surface area contributed by atoms with Crippen LogP contribution in [-0.2, 0) is 17.5 Å². The van der Waals surface area contributed by atoms with Gasteiger partial charge in [-0.25, -0.2) is 4.79 Å². The highest BCUT2D eigenvalue weighted by molar-refractivity contribution is 5.96. The van der Waals surface area contributed by atoms with Crippen LogP contribution in [0.1, 0.15) is 23.6 Å². The van der Waals surface area contributed by atoms with E-state index in [-0.39, 0.29) is 18.0 Å². The van der Waals surface area contributed by atoms with Gasteiger partial charge in [0.05, 0.1) is 12.7 Å². The largest absolute Gasteiger partial charge is 0.496 e. The first-order chi connectivity index (χ1) is 9.25. The van der Waals surface area contributed by atoms with E-state index in [1.54, 1.807) is 6.92 Å². The molecule has 2 rings (SSSR count). The van der Waals surface area contributed by atoms with Crippen LogP contribution in [-0.4, -0.2) is 18.2 Å². The zero-order chi connectivity index (χ0) is 15.1. The molecule has 1 aliphatic rings. The second-order valence-electron chi connectivity index (χ2n) is 4.37. The molecule has 0 radical (unpaired) electrons. The lowest BCUT2D eigenvalue weighted by molar-refractivity contribution is -0.139. The predicted molar refractivity (Wildman–Crippen MR) is 65.1 cm³/mol. The average Bonchev–Trinajstić information content (AvgIpc) is 2.36. The van der Waals surface area contributed by atoms with Crippen LogP contribution in [0.15, 0.2) is 17.8 Å². The van der Waals surface area contributed by atoms with Gasteiger partial charge in [0.15, 0.2) is 0 Å². The molecular formula is C13H12F3NO3. The van der Waals surface area contributed by atoms with Crippen LogP contribution < -0.4 is 10.1 Å². The van der Waals surface area contributed by atoms with Gasteiger partial charge >= 0.3 is 12.1 Å². The highest BCUT2D eigenvalue weighted by atomic mass is 19.4. The number of hydrogen-bond acceptors (Lipinski definition) is 3. The van der Waals surface area contributed by atoms with Crippen molar-refractivity contribution < 1.29 is 27.8 Å². The van der Waals surface area contributed by atoms with Gasteiger partial charge in [0.25, 0.3) is 0 Å². The highest BCUT2D eigenvalue weighted by Crippen LogP contribution is 2.40. The fraction of sp³-hybridized carbons (Fsp3) is 0.308. The maximum Gasteiger partial charge on any atom is 0.419 e. The molecule has 0 aromatic heterocycles. The minimum absolute atomic E-state index is 0.0145. The summed E-state index contributed by atoms with van der Waals surface area (Å²) in [6, 6.07) is 2.22. The molecule has 0 spiro atoms. The number of benzene rings is 1. The number of halogens is 3. The molecule has 7 heteroatoms. The van der Waals surface area contributed by atoms with E-state index in [0.717, 1.165) is 13.2 Å². The Morgan fingerprint density at radius 1 is 1.40 bits per heavy atom. The summed E-state index contributed by atoms with van der Waals surface area (Å²) in [7, 11) is 1.15. The number of carboxylic acid groups (broad SMARTS) is 1. The molecule has 0 fully saturated rings. The van der Waals surface area contributed by atoms with E-state index in [1.807, 2.05) is 0 Å². The fourth-order valence-corrected chi connectivity index (χ4v) is 2.20. The van der Waals surface area contributed by atoms with Crippen LogP contribution in [0.4, 0.5) is 13.2 Å². The van der Waals surface area contributed by atoms with Crippen molar-refractivity contribution in [2.24, 2.45) is 0 Å². The molecule has 2 N–H and O–H groups in total. The number of carboxylic acids is 1. The van der Waals surface area contributed by atoms with Crippen molar-refractivity contribution in [1.29, 1.82) is 0 Å². The molecule has 0 unspecified atom stereocenters. The van der Waals surface area contributed by atoms with Crippen LogP contribution in [0.25, 0.3) is 5.57 Å². The molecule has 0 bridgehead atoms. The average molecular weight is 287 g/mol. The first-order valence-electron chi connectivity index (χ1n) is 5.72. The summed E-state index contributed by atoms with van der Waals surface area (Å²) >= 11 is 0. The molecular weight excluding hydrogens is 275 g/mol. The fourth-order valence-electron chi connectivity index (χ4n) is 2.20. The number of allylic oxidation sites excluding steroid dienone is 1. The summed E-state index contributed by atoms with van der Waals surface area (Å²) in [5.41, 5.74) is 0.337. The molecule has 0 saturated carbocycles. The molecule has 0 saturated heterocycles. The Morgan fingerprint density at radius 2 is 2.05 bits per heavy atom. The van der Waals surface area contributed by atoms with Crippen LogP contribution in [0.2, 0.25) is 0 Å². The topological polar surface area (TPSA) is 58.6 Å². The van der Waals surface area contributed by atoms with Crippen LogP contribution in [0.3, 0.4) is 0 Å². The Morgan fingerprint density at radius 3 is 2.55 bits per heavy atom. The van der Waals surface area contributed by atoms with E-state index in [9.17, 15) is 18.0 Å². The number of hydrogen-bond donors (Lipinski definition) is 2. The van der Waals surface area contributed by atoms with Crippen molar-refractivity contribution in [3.63, 3.8) is 0 Å². The quantitative estimate of drug-likeness (QED) is 0.878. The number of ether oxygens (including phenoxy) is 1. The van der Waals surface area contributed by atoms with Crippen molar-refractivity contribution in [3.05, 3.63) is 34.5 Å². The summed E-state index contributed by atoms with van der Waals surface area (Å²) in [6.45, 7) is 1.57. The van der Waals surface area contributed by atoms with Gasteiger partial charge in [-0.2, -0.15) is 13.2 Å². The van der Waals surface area contributed by atoms with Crippen LogP contribution in [0.5, 0.6) is 5.75 Å². The maximum atomic E-state index is 12.9. The van der Waals surface area contributed by atoms with Gasteiger partial charge < -0.3 is 15.2 Å². The minimum atomic E-state index is -4.52. The molecule has 1 aliphatic heterocycles. The summed E-state index contributed by atoms with van der Waals surface area (Å²) < 4.78 is 43.5. The SMILES string of the molecule is COc1cc2c(cc1C(F)(F)F)CNC(C(=O)O)=C2C. The monoisotopic (exact) mass is 287 g/mol.